The van der Waals surface area contributed by atoms with Crippen molar-refractivity contribution in [2.75, 3.05) is 13.2 Å². The standard InChI is InChI=1S/C8H14O2/c1-6(2)7(3)8-9-4-5-10-8/h6,8H,3-5H2,1-2H3. The average molecular weight is 142 g/mol. The van der Waals surface area contributed by atoms with Gasteiger partial charge in [0.15, 0.2) is 6.29 Å². The first kappa shape index (κ1) is 7.76. The van der Waals surface area contributed by atoms with E-state index >= 15 is 0 Å². The molecule has 10 heavy (non-hydrogen) atoms. The van der Waals surface area contributed by atoms with E-state index in [4.69, 9.17) is 9.47 Å². The van der Waals surface area contributed by atoms with E-state index < -0.39 is 0 Å². The van der Waals surface area contributed by atoms with Gasteiger partial charge < -0.3 is 9.47 Å². The van der Waals surface area contributed by atoms with Gasteiger partial charge in [-0.2, -0.15) is 0 Å². The Kier molecular flexibility index (Phi) is 2.46. The van der Waals surface area contributed by atoms with Crippen LogP contribution < -0.4 is 0 Å². The van der Waals surface area contributed by atoms with E-state index in [2.05, 4.69) is 20.4 Å². The van der Waals surface area contributed by atoms with Gasteiger partial charge in [0.05, 0.1) is 13.2 Å². The molecule has 0 aromatic heterocycles. The monoisotopic (exact) mass is 142 g/mol. The van der Waals surface area contributed by atoms with Crippen molar-refractivity contribution in [1.82, 2.24) is 0 Å². The third-order valence-corrected chi connectivity index (χ3v) is 1.67. The normalized spacial score (nSPS) is 20.3. The molecule has 0 aromatic carbocycles. The Morgan fingerprint density at radius 2 is 1.90 bits per heavy atom. The van der Waals surface area contributed by atoms with Gasteiger partial charge >= 0.3 is 0 Å². The van der Waals surface area contributed by atoms with Gasteiger partial charge in [-0.05, 0) is 11.5 Å². The summed E-state index contributed by atoms with van der Waals surface area (Å²) in [7, 11) is 0. The van der Waals surface area contributed by atoms with Crippen molar-refractivity contribution in [3.05, 3.63) is 12.2 Å². The summed E-state index contributed by atoms with van der Waals surface area (Å²) >= 11 is 0. The van der Waals surface area contributed by atoms with Gasteiger partial charge in [0.1, 0.15) is 0 Å². The predicted molar refractivity (Wildman–Crippen MR) is 39.7 cm³/mol. The lowest BCUT2D eigenvalue weighted by atomic mass is 10.1. The predicted octanol–water partition coefficient (Wildman–Crippen LogP) is 1.57. The molecule has 2 heteroatoms. The van der Waals surface area contributed by atoms with Crippen LogP contribution in [0.4, 0.5) is 0 Å². The molecule has 0 aromatic rings. The highest BCUT2D eigenvalue weighted by Gasteiger charge is 2.20. The van der Waals surface area contributed by atoms with Crippen molar-refractivity contribution in [3.8, 4) is 0 Å². The minimum atomic E-state index is -0.139. The summed E-state index contributed by atoms with van der Waals surface area (Å²) in [5.74, 6) is 0.447. The topological polar surface area (TPSA) is 18.5 Å². The first-order chi connectivity index (χ1) is 4.72. The molecule has 1 heterocycles. The fraction of sp³-hybridized carbons (Fsp3) is 0.750. The highest BCUT2D eigenvalue weighted by Crippen LogP contribution is 2.18. The summed E-state index contributed by atoms with van der Waals surface area (Å²) in [5, 5.41) is 0. The minimum Gasteiger partial charge on any atom is -0.346 e. The second kappa shape index (κ2) is 3.17. The molecule has 1 fully saturated rings. The van der Waals surface area contributed by atoms with Crippen LogP contribution in [-0.2, 0) is 9.47 Å². The number of ether oxygens (including phenoxy) is 2. The van der Waals surface area contributed by atoms with Crippen LogP contribution in [0.15, 0.2) is 12.2 Å². The quantitative estimate of drug-likeness (QED) is 0.545. The molecule has 0 spiro atoms. The molecule has 0 bridgehead atoms. The minimum absolute atomic E-state index is 0.139. The molecule has 1 aliphatic heterocycles. The lowest BCUT2D eigenvalue weighted by Crippen LogP contribution is -2.14. The highest BCUT2D eigenvalue weighted by molar-refractivity contribution is 5.02. The zero-order valence-electron chi connectivity index (χ0n) is 6.59. The molecule has 1 saturated heterocycles. The second-order valence-corrected chi connectivity index (χ2v) is 2.80. The third-order valence-electron chi connectivity index (χ3n) is 1.67. The fourth-order valence-corrected chi connectivity index (χ4v) is 0.845. The largest absolute Gasteiger partial charge is 0.346 e. The average Bonchev–Trinajstić information content (AvgIpc) is 2.36. The molecule has 2 nitrogen and oxygen atoms in total. The summed E-state index contributed by atoms with van der Waals surface area (Å²) < 4.78 is 10.5. The SMILES string of the molecule is C=C(C(C)C)C1OCCO1. The van der Waals surface area contributed by atoms with Crippen LogP contribution in [0, 0.1) is 5.92 Å². The molecule has 1 rings (SSSR count). The van der Waals surface area contributed by atoms with Gasteiger partial charge in [-0.3, -0.25) is 0 Å². The number of hydrogen-bond acceptors (Lipinski definition) is 2. The van der Waals surface area contributed by atoms with Crippen LogP contribution in [0.3, 0.4) is 0 Å². The summed E-state index contributed by atoms with van der Waals surface area (Å²) in [6.45, 7) is 9.48. The fourth-order valence-electron chi connectivity index (χ4n) is 0.845. The first-order valence-electron chi connectivity index (χ1n) is 3.63. The maximum atomic E-state index is 5.25. The Bertz CT molecular complexity index is 123. The van der Waals surface area contributed by atoms with Crippen molar-refractivity contribution < 1.29 is 9.47 Å². The van der Waals surface area contributed by atoms with E-state index in [-0.39, 0.29) is 6.29 Å². The maximum absolute atomic E-state index is 5.25. The van der Waals surface area contributed by atoms with Crippen LogP contribution in [-0.4, -0.2) is 19.5 Å². The van der Waals surface area contributed by atoms with E-state index in [0.29, 0.717) is 19.1 Å². The Labute approximate surface area is 61.8 Å². The molecule has 1 aliphatic rings. The molecular weight excluding hydrogens is 128 g/mol. The smallest absolute Gasteiger partial charge is 0.179 e. The first-order valence-corrected chi connectivity index (χ1v) is 3.63. The molecule has 58 valence electrons. The maximum Gasteiger partial charge on any atom is 0.179 e. The Balaban J connectivity index is 2.40. The Morgan fingerprint density at radius 3 is 2.30 bits per heavy atom. The van der Waals surface area contributed by atoms with Crippen LogP contribution in [0.2, 0.25) is 0 Å². The van der Waals surface area contributed by atoms with Crippen LogP contribution >= 0.6 is 0 Å². The van der Waals surface area contributed by atoms with Crippen molar-refractivity contribution >= 4 is 0 Å². The van der Waals surface area contributed by atoms with E-state index in [9.17, 15) is 0 Å². The molecule has 0 unspecified atom stereocenters. The molecular formula is C8H14O2. The number of hydrogen-bond donors (Lipinski definition) is 0. The summed E-state index contributed by atoms with van der Waals surface area (Å²) in [4.78, 5) is 0. The van der Waals surface area contributed by atoms with Gasteiger partial charge in [0.2, 0.25) is 0 Å². The molecule has 0 saturated carbocycles. The zero-order chi connectivity index (χ0) is 7.56. The highest BCUT2D eigenvalue weighted by atomic mass is 16.7. The van der Waals surface area contributed by atoms with Gasteiger partial charge in [-0.25, -0.2) is 0 Å². The second-order valence-electron chi connectivity index (χ2n) is 2.80. The van der Waals surface area contributed by atoms with Crippen LogP contribution in [0.1, 0.15) is 13.8 Å². The van der Waals surface area contributed by atoms with Crippen molar-refractivity contribution in [1.29, 1.82) is 0 Å². The molecule has 0 atom stereocenters. The van der Waals surface area contributed by atoms with E-state index in [0.717, 1.165) is 5.57 Å². The lowest BCUT2D eigenvalue weighted by Gasteiger charge is -2.14. The lowest BCUT2D eigenvalue weighted by molar-refractivity contribution is -0.0164. The summed E-state index contributed by atoms with van der Waals surface area (Å²) in [6.07, 6.45) is -0.139. The summed E-state index contributed by atoms with van der Waals surface area (Å²) in [6, 6.07) is 0. The van der Waals surface area contributed by atoms with E-state index in [1.807, 2.05) is 0 Å². The Hall–Kier alpha value is -0.340. The van der Waals surface area contributed by atoms with E-state index in [1.165, 1.54) is 0 Å². The molecule has 0 amide bonds. The van der Waals surface area contributed by atoms with Gasteiger partial charge in [-0.1, -0.05) is 20.4 Å². The summed E-state index contributed by atoms with van der Waals surface area (Å²) in [5.41, 5.74) is 1.04. The van der Waals surface area contributed by atoms with Gasteiger partial charge in [0, 0.05) is 0 Å². The van der Waals surface area contributed by atoms with E-state index in [1.54, 1.807) is 0 Å². The van der Waals surface area contributed by atoms with Gasteiger partial charge in [-0.15, -0.1) is 0 Å². The molecule has 0 aliphatic carbocycles. The molecule has 0 radical (unpaired) electrons. The van der Waals surface area contributed by atoms with Crippen molar-refractivity contribution in [3.63, 3.8) is 0 Å². The van der Waals surface area contributed by atoms with Crippen molar-refractivity contribution in [2.45, 2.75) is 20.1 Å². The van der Waals surface area contributed by atoms with Crippen LogP contribution in [0.25, 0.3) is 0 Å². The zero-order valence-corrected chi connectivity index (χ0v) is 6.59. The number of rotatable bonds is 2. The Morgan fingerprint density at radius 1 is 1.40 bits per heavy atom. The van der Waals surface area contributed by atoms with Gasteiger partial charge in [0.25, 0.3) is 0 Å². The molecule has 0 N–H and O–H groups in total. The van der Waals surface area contributed by atoms with Crippen LogP contribution in [0.5, 0.6) is 0 Å². The third kappa shape index (κ3) is 1.58. The van der Waals surface area contributed by atoms with Crippen molar-refractivity contribution in [2.24, 2.45) is 5.92 Å².